The summed E-state index contributed by atoms with van der Waals surface area (Å²) in [4.78, 5) is 33.2. The molecule has 0 atom stereocenters. The Labute approximate surface area is 184 Å². The Morgan fingerprint density at radius 1 is 1.20 bits per heavy atom. The molecule has 0 saturated heterocycles. The number of carbonyl (C=O) groups is 1. The fourth-order valence-corrected chi connectivity index (χ4v) is 6.06. The number of benzene rings is 1. The van der Waals surface area contributed by atoms with Crippen LogP contribution in [-0.4, -0.2) is 28.2 Å². The minimum absolute atomic E-state index is 0.0460. The molecule has 158 valence electrons. The van der Waals surface area contributed by atoms with Gasteiger partial charge in [-0.2, -0.15) is 0 Å². The minimum atomic E-state index is -0.426. The van der Waals surface area contributed by atoms with E-state index < -0.39 is 5.41 Å². The fraction of sp³-hybridized carbons (Fsp3) is 0.435. The molecule has 0 spiro atoms. The van der Waals surface area contributed by atoms with Crippen molar-refractivity contribution < 1.29 is 9.53 Å². The van der Waals surface area contributed by atoms with Gasteiger partial charge in [0.25, 0.3) is 5.56 Å². The molecule has 30 heavy (non-hydrogen) atoms. The van der Waals surface area contributed by atoms with Crippen molar-refractivity contribution in [1.29, 1.82) is 0 Å². The van der Waals surface area contributed by atoms with E-state index in [1.54, 1.807) is 23.0 Å². The van der Waals surface area contributed by atoms with Crippen LogP contribution in [0.5, 0.6) is 5.75 Å². The summed E-state index contributed by atoms with van der Waals surface area (Å²) in [6.07, 6.45) is 4.22. The quantitative estimate of drug-likeness (QED) is 0.409. The number of fused-ring (bicyclic) bond motifs is 3. The van der Waals surface area contributed by atoms with Gasteiger partial charge >= 0.3 is 0 Å². The van der Waals surface area contributed by atoms with Crippen molar-refractivity contribution in [2.24, 2.45) is 5.41 Å². The Balaban J connectivity index is 1.87. The third-order valence-corrected chi connectivity index (χ3v) is 7.58. The van der Waals surface area contributed by atoms with Crippen molar-refractivity contribution in [3.05, 3.63) is 45.1 Å². The Kier molecular flexibility index (Phi) is 5.77. The van der Waals surface area contributed by atoms with Gasteiger partial charge in [0.1, 0.15) is 16.4 Å². The molecule has 0 N–H and O–H groups in total. The van der Waals surface area contributed by atoms with Gasteiger partial charge < -0.3 is 4.74 Å². The summed E-state index contributed by atoms with van der Waals surface area (Å²) in [6.45, 7) is 5.74. The van der Waals surface area contributed by atoms with Crippen LogP contribution in [0.3, 0.4) is 0 Å². The predicted molar refractivity (Wildman–Crippen MR) is 124 cm³/mol. The van der Waals surface area contributed by atoms with Crippen molar-refractivity contribution in [3.8, 4) is 11.4 Å². The van der Waals surface area contributed by atoms with Gasteiger partial charge in [-0.05, 0) is 55.5 Å². The first-order valence-corrected chi connectivity index (χ1v) is 12.0. The van der Waals surface area contributed by atoms with Crippen LogP contribution in [0.25, 0.3) is 15.9 Å². The molecular formula is C23H26N2O3S2. The predicted octanol–water partition coefficient (Wildman–Crippen LogP) is 5.04. The summed E-state index contributed by atoms with van der Waals surface area (Å²) in [6, 6.07) is 7.40. The number of carbonyl (C=O) groups excluding carboxylic acids is 1. The van der Waals surface area contributed by atoms with Gasteiger partial charge in [-0.1, -0.05) is 32.5 Å². The third-order valence-electron chi connectivity index (χ3n) is 5.46. The average molecular weight is 443 g/mol. The Hall–Kier alpha value is -2.12. The third kappa shape index (κ3) is 3.93. The highest BCUT2D eigenvalue weighted by molar-refractivity contribution is 7.99. The SMILES string of the molecule is COc1ccc(-n2c(SCC(=O)C(C)(C)C)nc3sc4c(c3c2=O)CCCC4)cc1. The molecule has 5 nitrogen and oxygen atoms in total. The second-order valence-corrected chi connectivity index (χ2v) is 10.6. The summed E-state index contributed by atoms with van der Waals surface area (Å²) in [5.41, 5.74) is 1.43. The number of hydrogen-bond acceptors (Lipinski definition) is 6. The van der Waals surface area contributed by atoms with E-state index in [0.29, 0.717) is 5.16 Å². The second kappa shape index (κ2) is 8.19. The first-order chi connectivity index (χ1) is 14.3. The van der Waals surface area contributed by atoms with E-state index in [1.807, 2.05) is 45.0 Å². The monoisotopic (exact) mass is 442 g/mol. The van der Waals surface area contributed by atoms with Gasteiger partial charge in [-0.3, -0.25) is 14.2 Å². The highest BCUT2D eigenvalue weighted by Crippen LogP contribution is 2.35. The summed E-state index contributed by atoms with van der Waals surface area (Å²) >= 11 is 2.97. The minimum Gasteiger partial charge on any atom is -0.497 e. The van der Waals surface area contributed by atoms with Crippen LogP contribution in [0.1, 0.15) is 44.1 Å². The van der Waals surface area contributed by atoms with E-state index in [-0.39, 0.29) is 17.1 Å². The van der Waals surface area contributed by atoms with Crippen molar-refractivity contribution in [3.63, 3.8) is 0 Å². The summed E-state index contributed by atoms with van der Waals surface area (Å²) in [7, 11) is 1.62. The van der Waals surface area contributed by atoms with Gasteiger partial charge in [0, 0.05) is 10.3 Å². The Morgan fingerprint density at radius 3 is 2.57 bits per heavy atom. The average Bonchev–Trinajstić information content (AvgIpc) is 3.10. The largest absolute Gasteiger partial charge is 0.497 e. The molecule has 0 radical (unpaired) electrons. The molecule has 0 saturated carbocycles. The van der Waals surface area contributed by atoms with E-state index in [2.05, 4.69) is 0 Å². The molecule has 1 aliphatic rings. The smallest absolute Gasteiger partial charge is 0.267 e. The van der Waals surface area contributed by atoms with E-state index in [9.17, 15) is 9.59 Å². The molecule has 0 amide bonds. The molecule has 1 aliphatic carbocycles. The summed E-state index contributed by atoms with van der Waals surface area (Å²) in [5, 5.41) is 1.31. The first kappa shape index (κ1) is 21.1. The van der Waals surface area contributed by atoms with E-state index in [4.69, 9.17) is 9.72 Å². The van der Waals surface area contributed by atoms with Crippen LogP contribution in [0.2, 0.25) is 0 Å². The maximum absolute atomic E-state index is 13.7. The number of ether oxygens (including phenoxy) is 1. The number of rotatable bonds is 5. The first-order valence-electron chi connectivity index (χ1n) is 10.2. The van der Waals surface area contributed by atoms with Crippen molar-refractivity contribution in [1.82, 2.24) is 9.55 Å². The van der Waals surface area contributed by atoms with Crippen molar-refractivity contribution in [2.75, 3.05) is 12.9 Å². The number of nitrogens with zero attached hydrogens (tertiary/aromatic N) is 2. The number of thiophene rings is 1. The van der Waals surface area contributed by atoms with Gasteiger partial charge in [-0.25, -0.2) is 4.98 Å². The van der Waals surface area contributed by atoms with Crippen molar-refractivity contribution >= 4 is 39.1 Å². The van der Waals surface area contributed by atoms with Crippen molar-refractivity contribution in [2.45, 2.75) is 51.6 Å². The molecule has 0 unspecified atom stereocenters. The molecule has 3 aromatic rings. The van der Waals surface area contributed by atoms with Crippen LogP contribution >= 0.6 is 23.1 Å². The topological polar surface area (TPSA) is 61.2 Å². The molecule has 0 aliphatic heterocycles. The van der Waals surface area contributed by atoms with Gasteiger partial charge in [-0.15, -0.1) is 11.3 Å². The highest BCUT2D eigenvalue weighted by atomic mass is 32.2. The number of Topliss-reactive ketones (excluding diaryl/α,β-unsaturated/α-hetero) is 1. The number of methoxy groups -OCH3 is 1. The number of aryl methyl sites for hydroxylation is 2. The molecule has 7 heteroatoms. The highest BCUT2D eigenvalue weighted by Gasteiger charge is 2.25. The summed E-state index contributed by atoms with van der Waals surface area (Å²) in [5.74, 6) is 1.14. The maximum Gasteiger partial charge on any atom is 0.267 e. The molecule has 2 heterocycles. The molecular weight excluding hydrogens is 416 g/mol. The van der Waals surface area contributed by atoms with Crippen LogP contribution < -0.4 is 10.3 Å². The van der Waals surface area contributed by atoms with E-state index >= 15 is 0 Å². The zero-order valence-electron chi connectivity index (χ0n) is 17.8. The molecule has 1 aromatic carbocycles. The molecule has 0 fully saturated rings. The molecule has 4 rings (SSSR count). The fourth-order valence-electron chi connectivity index (χ4n) is 3.59. The second-order valence-electron chi connectivity index (χ2n) is 8.59. The lowest BCUT2D eigenvalue weighted by Gasteiger charge is -2.17. The Bertz CT molecular complexity index is 1150. The zero-order valence-corrected chi connectivity index (χ0v) is 19.4. The van der Waals surface area contributed by atoms with Crippen LogP contribution in [0.4, 0.5) is 0 Å². The lowest BCUT2D eigenvalue weighted by molar-refractivity contribution is -0.123. The Morgan fingerprint density at radius 2 is 1.90 bits per heavy atom. The van der Waals surface area contributed by atoms with E-state index in [0.717, 1.165) is 47.3 Å². The maximum atomic E-state index is 13.7. The number of hydrogen-bond donors (Lipinski definition) is 0. The van der Waals surface area contributed by atoms with Crippen LogP contribution in [0.15, 0.2) is 34.2 Å². The van der Waals surface area contributed by atoms with Gasteiger partial charge in [0.05, 0.1) is 23.9 Å². The normalized spacial score (nSPS) is 14.0. The standard InChI is InChI=1S/C23H26N2O3S2/c1-23(2,3)18(26)13-29-22-24-20-19(16-7-5-6-8-17(16)30-20)21(27)25(22)14-9-11-15(28-4)12-10-14/h9-12H,5-8,13H2,1-4H3. The lowest BCUT2D eigenvalue weighted by Crippen LogP contribution is -2.25. The number of thioether (sulfide) groups is 1. The zero-order chi connectivity index (χ0) is 21.5. The van der Waals surface area contributed by atoms with Crippen LogP contribution in [0, 0.1) is 5.41 Å². The number of aromatic nitrogens is 2. The van der Waals surface area contributed by atoms with E-state index in [1.165, 1.54) is 22.2 Å². The van der Waals surface area contributed by atoms with Crippen LogP contribution in [-0.2, 0) is 17.6 Å². The van der Waals surface area contributed by atoms with Gasteiger partial charge in [0.15, 0.2) is 5.16 Å². The summed E-state index contributed by atoms with van der Waals surface area (Å²) < 4.78 is 6.92. The van der Waals surface area contributed by atoms with Gasteiger partial charge in [0.2, 0.25) is 0 Å². The molecule has 2 aromatic heterocycles. The lowest BCUT2D eigenvalue weighted by atomic mass is 9.92. The molecule has 0 bridgehead atoms. The number of ketones is 1.